The van der Waals surface area contributed by atoms with Crippen molar-refractivity contribution in [3.8, 4) is 5.75 Å². The molecule has 0 aliphatic carbocycles. The van der Waals surface area contributed by atoms with E-state index in [0.29, 0.717) is 35.1 Å². The Kier molecular flexibility index (Phi) is 6.42. The number of benzene rings is 2. The first kappa shape index (κ1) is 20.0. The Labute approximate surface area is 155 Å². The van der Waals surface area contributed by atoms with Gasteiger partial charge in [-0.05, 0) is 49.1 Å². The lowest BCUT2D eigenvalue weighted by atomic mass is 10.1. The van der Waals surface area contributed by atoms with Crippen molar-refractivity contribution in [3.63, 3.8) is 0 Å². The predicted octanol–water partition coefficient (Wildman–Crippen LogP) is 4.08. The SMILES string of the molecule is Cc1ccc(S(C)(=O)=O)cc1C(=O)Nc1cccc(OCCC(C)C)c1. The first-order valence-electron chi connectivity index (χ1n) is 8.51. The molecule has 140 valence electrons. The molecule has 0 bridgehead atoms. The number of sulfone groups is 1. The molecule has 0 fully saturated rings. The first-order valence-corrected chi connectivity index (χ1v) is 10.4. The first-order chi connectivity index (χ1) is 12.2. The summed E-state index contributed by atoms with van der Waals surface area (Å²) in [4.78, 5) is 12.7. The van der Waals surface area contributed by atoms with E-state index in [9.17, 15) is 13.2 Å². The number of amides is 1. The normalized spacial score (nSPS) is 11.4. The number of hydrogen-bond donors (Lipinski definition) is 1. The van der Waals surface area contributed by atoms with E-state index < -0.39 is 9.84 Å². The van der Waals surface area contributed by atoms with Crippen molar-refractivity contribution in [3.05, 3.63) is 53.6 Å². The summed E-state index contributed by atoms with van der Waals surface area (Å²) in [5.74, 6) is 0.889. The van der Waals surface area contributed by atoms with Gasteiger partial charge < -0.3 is 10.1 Å². The zero-order valence-corrected chi connectivity index (χ0v) is 16.4. The molecule has 26 heavy (non-hydrogen) atoms. The van der Waals surface area contributed by atoms with Gasteiger partial charge in [-0.25, -0.2) is 8.42 Å². The Hall–Kier alpha value is -2.34. The molecular formula is C20H25NO4S. The summed E-state index contributed by atoms with van der Waals surface area (Å²) < 4.78 is 29.1. The number of anilines is 1. The molecule has 0 aromatic heterocycles. The molecule has 0 radical (unpaired) electrons. The van der Waals surface area contributed by atoms with Crippen molar-refractivity contribution in [2.45, 2.75) is 32.1 Å². The highest BCUT2D eigenvalue weighted by Crippen LogP contribution is 2.21. The standard InChI is InChI=1S/C20H25NO4S/c1-14(2)10-11-25-17-7-5-6-16(12-17)21-20(22)19-13-18(26(4,23)24)9-8-15(19)3/h5-9,12-14H,10-11H2,1-4H3,(H,21,22). The van der Waals surface area contributed by atoms with Crippen molar-refractivity contribution < 1.29 is 17.9 Å². The quantitative estimate of drug-likeness (QED) is 0.791. The van der Waals surface area contributed by atoms with Crippen LogP contribution in [0.4, 0.5) is 5.69 Å². The molecular weight excluding hydrogens is 350 g/mol. The molecule has 0 heterocycles. The fourth-order valence-electron chi connectivity index (χ4n) is 2.35. The lowest BCUT2D eigenvalue weighted by Crippen LogP contribution is -2.14. The third kappa shape index (κ3) is 5.59. The van der Waals surface area contributed by atoms with Gasteiger partial charge in [0.2, 0.25) is 0 Å². The summed E-state index contributed by atoms with van der Waals surface area (Å²) >= 11 is 0. The minimum atomic E-state index is -3.37. The average molecular weight is 375 g/mol. The highest BCUT2D eigenvalue weighted by atomic mass is 32.2. The van der Waals surface area contributed by atoms with Crippen LogP contribution in [-0.2, 0) is 9.84 Å². The van der Waals surface area contributed by atoms with Gasteiger partial charge in [-0.1, -0.05) is 26.0 Å². The third-order valence-electron chi connectivity index (χ3n) is 3.94. The third-order valence-corrected chi connectivity index (χ3v) is 5.05. The molecule has 2 aromatic carbocycles. The fourth-order valence-corrected chi connectivity index (χ4v) is 3.00. The lowest BCUT2D eigenvalue weighted by molar-refractivity contribution is 0.102. The minimum absolute atomic E-state index is 0.124. The second-order valence-corrected chi connectivity index (χ2v) is 8.78. The zero-order chi connectivity index (χ0) is 19.3. The summed E-state index contributed by atoms with van der Waals surface area (Å²) in [6, 6.07) is 11.7. The lowest BCUT2D eigenvalue weighted by Gasteiger charge is -2.12. The van der Waals surface area contributed by atoms with Gasteiger partial charge in [-0.3, -0.25) is 4.79 Å². The molecule has 1 amide bonds. The maximum absolute atomic E-state index is 12.6. The van der Waals surface area contributed by atoms with Crippen LogP contribution in [0.15, 0.2) is 47.4 Å². The van der Waals surface area contributed by atoms with Crippen molar-refractivity contribution in [1.82, 2.24) is 0 Å². The predicted molar refractivity (Wildman–Crippen MR) is 104 cm³/mol. The van der Waals surface area contributed by atoms with E-state index in [0.717, 1.165) is 12.7 Å². The number of ether oxygens (including phenoxy) is 1. The molecule has 2 rings (SSSR count). The molecule has 5 nitrogen and oxygen atoms in total. The van der Waals surface area contributed by atoms with Gasteiger partial charge in [0.25, 0.3) is 5.91 Å². The van der Waals surface area contributed by atoms with E-state index in [-0.39, 0.29) is 10.8 Å². The van der Waals surface area contributed by atoms with Gasteiger partial charge in [-0.15, -0.1) is 0 Å². The zero-order valence-electron chi connectivity index (χ0n) is 15.6. The molecule has 6 heteroatoms. The summed E-state index contributed by atoms with van der Waals surface area (Å²) in [6.07, 6.45) is 2.07. The smallest absolute Gasteiger partial charge is 0.255 e. The summed E-state index contributed by atoms with van der Waals surface area (Å²) in [7, 11) is -3.37. The van der Waals surface area contributed by atoms with Crippen LogP contribution in [0.5, 0.6) is 5.75 Å². The Morgan fingerprint density at radius 3 is 2.54 bits per heavy atom. The van der Waals surface area contributed by atoms with Crippen LogP contribution in [0.3, 0.4) is 0 Å². The largest absolute Gasteiger partial charge is 0.494 e. The number of carbonyl (C=O) groups excluding carboxylic acids is 1. The van der Waals surface area contributed by atoms with E-state index in [4.69, 9.17) is 4.74 Å². The molecule has 0 spiro atoms. The van der Waals surface area contributed by atoms with Crippen LogP contribution in [-0.4, -0.2) is 27.2 Å². The van der Waals surface area contributed by atoms with Gasteiger partial charge in [0.1, 0.15) is 5.75 Å². The van der Waals surface area contributed by atoms with Crippen LogP contribution in [0.2, 0.25) is 0 Å². The number of nitrogens with one attached hydrogen (secondary N) is 1. The van der Waals surface area contributed by atoms with E-state index >= 15 is 0 Å². The molecule has 0 aliphatic heterocycles. The molecule has 0 saturated heterocycles. The number of hydrogen-bond acceptors (Lipinski definition) is 4. The minimum Gasteiger partial charge on any atom is -0.494 e. The van der Waals surface area contributed by atoms with Gasteiger partial charge >= 0.3 is 0 Å². The maximum atomic E-state index is 12.6. The number of carbonyl (C=O) groups is 1. The van der Waals surface area contributed by atoms with Crippen LogP contribution >= 0.6 is 0 Å². The maximum Gasteiger partial charge on any atom is 0.255 e. The number of aryl methyl sites for hydroxylation is 1. The van der Waals surface area contributed by atoms with Gasteiger partial charge in [-0.2, -0.15) is 0 Å². The topological polar surface area (TPSA) is 72.5 Å². The highest BCUT2D eigenvalue weighted by Gasteiger charge is 2.15. The van der Waals surface area contributed by atoms with Crippen molar-refractivity contribution in [2.24, 2.45) is 5.92 Å². The van der Waals surface area contributed by atoms with Gasteiger partial charge in [0.05, 0.1) is 11.5 Å². The van der Waals surface area contributed by atoms with E-state index in [1.165, 1.54) is 12.1 Å². The van der Waals surface area contributed by atoms with Crippen molar-refractivity contribution >= 4 is 21.4 Å². The van der Waals surface area contributed by atoms with Crippen molar-refractivity contribution in [1.29, 1.82) is 0 Å². The second-order valence-electron chi connectivity index (χ2n) is 6.76. The van der Waals surface area contributed by atoms with Crippen LogP contribution in [0.25, 0.3) is 0 Å². The summed E-state index contributed by atoms with van der Waals surface area (Å²) in [5.41, 5.74) is 1.64. The van der Waals surface area contributed by atoms with Crippen molar-refractivity contribution in [2.75, 3.05) is 18.2 Å². The van der Waals surface area contributed by atoms with E-state index in [1.807, 2.05) is 6.07 Å². The van der Waals surface area contributed by atoms with E-state index in [1.54, 1.807) is 31.2 Å². The average Bonchev–Trinajstić information content (AvgIpc) is 2.54. The highest BCUT2D eigenvalue weighted by molar-refractivity contribution is 7.90. The summed E-state index contributed by atoms with van der Waals surface area (Å²) in [6.45, 7) is 6.65. The molecule has 0 unspecified atom stereocenters. The Balaban J connectivity index is 2.15. The van der Waals surface area contributed by atoms with E-state index in [2.05, 4.69) is 19.2 Å². The molecule has 0 saturated carbocycles. The fraction of sp³-hybridized carbons (Fsp3) is 0.350. The molecule has 0 atom stereocenters. The molecule has 1 N–H and O–H groups in total. The Bertz CT molecular complexity index is 888. The Morgan fingerprint density at radius 1 is 1.15 bits per heavy atom. The Morgan fingerprint density at radius 2 is 1.88 bits per heavy atom. The van der Waals surface area contributed by atoms with Crippen LogP contribution < -0.4 is 10.1 Å². The molecule has 2 aromatic rings. The number of rotatable bonds is 7. The molecule has 0 aliphatic rings. The second kappa shape index (κ2) is 8.36. The monoisotopic (exact) mass is 375 g/mol. The van der Waals surface area contributed by atoms with Crippen LogP contribution in [0.1, 0.15) is 36.2 Å². The van der Waals surface area contributed by atoms with Gasteiger partial charge in [0.15, 0.2) is 9.84 Å². The van der Waals surface area contributed by atoms with Crippen LogP contribution in [0, 0.1) is 12.8 Å². The summed E-state index contributed by atoms with van der Waals surface area (Å²) in [5, 5.41) is 2.80. The van der Waals surface area contributed by atoms with Gasteiger partial charge in [0, 0.05) is 23.6 Å².